The van der Waals surface area contributed by atoms with Crippen molar-refractivity contribution < 1.29 is 14.3 Å². The second-order valence-electron chi connectivity index (χ2n) is 5.05. The zero-order chi connectivity index (χ0) is 14.7. The van der Waals surface area contributed by atoms with E-state index in [0.717, 1.165) is 5.56 Å². The summed E-state index contributed by atoms with van der Waals surface area (Å²) in [4.78, 5) is 27.7. The van der Waals surface area contributed by atoms with Gasteiger partial charge >= 0.3 is 12.0 Å². The molecule has 2 rings (SSSR count). The van der Waals surface area contributed by atoms with Gasteiger partial charge in [-0.25, -0.2) is 9.79 Å². The fourth-order valence-corrected chi connectivity index (χ4v) is 2.27. The zero-order valence-corrected chi connectivity index (χ0v) is 11.8. The molecular formula is C15H18N2O3. The van der Waals surface area contributed by atoms with Gasteiger partial charge in [-0.3, -0.25) is 4.79 Å². The Hall–Kier alpha value is -2.17. The van der Waals surface area contributed by atoms with Crippen molar-refractivity contribution in [3.63, 3.8) is 0 Å². The van der Waals surface area contributed by atoms with Crippen LogP contribution in [0.5, 0.6) is 0 Å². The summed E-state index contributed by atoms with van der Waals surface area (Å²) in [7, 11) is 0. The minimum atomic E-state index is -0.586. The molecule has 1 heterocycles. The first kappa shape index (κ1) is 14.2. The number of carbonyl (C=O) groups excluding carboxylic acids is 2. The normalized spacial score (nSPS) is 22.2. The third kappa shape index (κ3) is 3.04. The number of carbonyl (C=O) groups is 2. The van der Waals surface area contributed by atoms with E-state index in [1.54, 1.807) is 20.8 Å². The molecule has 2 atom stereocenters. The molecule has 5 nitrogen and oxygen atoms in total. The summed E-state index contributed by atoms with van der Waals surface area (Å²) in [6, 6.07) is 8.51. The first-order valence-corrected chi connectivity index (χ1v) is 6.60. The fourth-order valence-electron chi connectivity index (χ4n) is 2.27. The van der Waals surface area contributed by atoms with E-state index in [2.05, 4.69) is 10.3 Å². The summed E-state index contributed by atoms with van der Waals surface area (Å²) in [5.74, 6) is -0.951. The van der Waals surface area contributed by atoms with Gasteiger partial charge in [0.2, 0.25) is 0 Å². The van der Waals surface area contributed by atoms with Crippen molar-refractivity contribution in [3.8, 4) is 0 Å². The number of amides is 2. The molecule has 5 heteroatoms. The van der Waals surface area contributed by atoms with Gasteiger partial charge in [-0.1, -0.05) is 30.3 Å². The van der Waals surface area contributed by atoms with Crippen LogP contribution in [0.25, 0.3) is 0 Å². The molecule has 0 spiro atoms. The van der Waals surface area contributed by atoms with Gasteiger partial charge in [0.05, 0.1) is 12.1 Å². The number of aliphatic imine (C=N–C) groups is 1. The van der Waals surface area contributed by atoms with Crippen molar-refractivity contribution in [1.29, 1.82) is 0 Å². The lowest BCUT2D eigenvalue weighted by Crippen LogP contribution is -2.44. The summed E-state index contributed by atoms with van der Waals surface area (Å²) in [6.07, 6.45) is -0.204. The monoisotopic (exact) mass is 274 g/mol. The molecule has 1 aliphatic rings. The Bertz CT molecular complexity index is 537. The molecule has 0 fully saturated rings. The van der Waals surface area contributed by atoms with E-state index in [0.29, 0.717) is 5.71 Å². The van der Waals surface area contributed by atoms with Crippen LogP contribution in [0.2, 0.25) is 0 Å². The predicted molar refractivity (Wildman–Crippen MR) is 75.5 cm³/mol. The average Bonchev–Trinajstić information content (AvgIpc) is 2.37. The minimum absolute atomic E-state index is 0.204. The average molecular weight is 274 g/mol. The Morgan fingerprint density at radius 1 is 1.30 bits per heavy atom. The van der Waals surface area contributed by atoms with Crippen molar-refractivity contribution in [1.82, 2.24) is 5.32 Å². The van der Waals surface area contributed by atoms with Crippen LogP contribution in [0.3, 0.4) is 0 Å². The number of benzene rings is 1. The second kappa shape index (κ2) is 5.86. The Labute approximate surface area is 118 Å². The molecule has 0 saturated heterocycles. The van der Waals surface area contributed by atoms with E-state index in [9.17, 15) is 9.59 Å². The molecule has 2 amide bonds. The molecule has 0 radical (unpaired) electrons. The first-order chi connectivity index (χ1) is 9.49. The Kier molecular flexibility index (Phi) is 4.17. The third-order valence-electron chi connectivity index (χ3n) is 3.10. The summed E-state index contributed by atoms with van der Waals surface area (Å²) in [6.45, 7) is 5.27. The summed E-state index contributed by atoms with van der Waals surface area (Å²) in [5, 5.41) is 2.74. The van der Waals surface area contributed by atoms with Crippen molar-refractivity contribution in [2.75, 3.05) is 0 Å². The molecular weight excluding hydrogens is 256 g/mol. The van der Waals surface area contributed by atoms with E-state index < -0.39 is 18.0 Å². The van der Waals surface area contributed by atoms with Gasteiger partial charge in [0.25, 0.3) is 0 Å². The van der Waals surface area contributed by atoms with Crippen molar-refractivity contribution in [2.24, 2.45) is 10.9 Å². The summed E-state index contributed by atoms with van der Waals surface area (Å²) >= 11 is 0. The van der Waals surface area contributed by atoms with E-state index >= 15 is 0 Å². The van der Waals surface area contributed by atoms with Crippen LogP contribution < -0.4 is 5.32 Å². The van der Waals surface area contributed by atoms with Gasteiger partial charge in [0.1, 0.15) is 5.92 Å². The first-order valence-electron chi connectivity index (χ1n) is 6.60. The van der Waals surface area contributed by atoms with Crippen LogP contribution in [-0.4, -0.2) is 23.8 Å². The molecule has 0 bridgehead atoms. The molecule has 1 aromatic carbocycles. The molecule has 1 aliphatic heterocycles. The highest BCUT2D eigenvalue weighted by atomic mass is 16.5. The summed E-state index contributed by atoms with van der Waals surface area (Å²) < 4.78 is 5.28. The molecule has 0 aromatic heterocycles. The van der Waals surface area contributed by atoms with Gasteiger partial charge in [-0.2, -0.15) is 0 Å². The molecule has 1 N–H and O–H groups in total. The highest BCUT2D eigenvalue weighted by Crippen LogP contribution is 2.28. The molecule has 1 aromatic rings. The molecule has 0 aliphatic carbocycles. The van der Waals surface area contributed by atoms with E-state index in [1.807, 2.05) is 30.3 Å². The number of urea groups is 1. The number of hydrogen-bond donors (Lipinski definition) is 1. The number of esters is 1. The number of nitrogens with zero attached hydrogens (tertiary/aromatic N) is 1. The topological polar surface area (TPSA) is 67.8 Å². The van der Waals surface area contributed by atoms with Gasteiger partial charge in [-0.05, 0) is 26.3 Å². The highest BCUT2D eigenvalue weighted by molar-refractivity contribution is 6.08. The van der Waals surface area contributed by atoms with Crippen molar-refractivity contribution >= 4 is 17.7 Å². The largest absolute Gasteiger partial charge is 0.462 e. The lowest BCUT2D eigenvalue weighted by atomic mass is 9.88. The zero-order valence-electron chi connectivity index (χ0n) is 11.8. The maximum atomic E-state index is 12.3. The van der Waals surface area contributed by atoms with Gasteiger partial charge in [0, 0.05) is 5.71 Å². The number of ether oxygens (including phenoxy) is 1. The molecule has 0 saturated carbocycles. The predicted octanol–water partition coefficient (Wildman–Crippen LogP) is 2.48. The van der Waals surface area contributed by atoms with Crippen LogP contribution in [0, 0.1) is 5.92 Å². The Morgan fingerprint density at radius 3 is 2.55 bits per heavy atom. The van der Waals surface area contributed by atoms with Crippen LogP contribution >= 0.6 is 0 Å². The Morgan fingerprint density at radius 2 is 1.95 bits per heavy atom. The van der Waals surface area contributed by atoms with Crippen LogP contribution in [0.1, 0.15) is 32.4 Å². The van der Waals surface area contributed by atoms with Gasteiger partial charge in [0.15, 0.2) is 0 Å². The van der Waals surface area contributed by atoms with Crippen LogP contribution in [0.4, 0.5) is 4.79 Å². The van der Waals surface area contributed by atoms with Gasteiger partial charge < -0.3 is 10.1 Å². The van der Waals surface area contributed by atoms with E-state index in [-0.39, 0.29) is 12.1 Å². The fraction of sp³-hybridized carbons (Fsp3) is 0.400. The van der Waals surface area contributed by atoms with Gasteiger partial charge in [-0.15, -0.1) is 0 Å². The number of hydrogen-bond acceptors (Lipinski definition) is 3. The number of rotatable bonds is 3. The van der Waals surface area contributed by atoms with Crippen LogP contribution in [-0.2, 0) is 9.53 Å². The maximum Gasteiger partial charge on any atom is 0.341 e. The quantitative estimate of drug-likeness (QED) is 0.861. The standard InChI is InChI=1S/C15H18N2O3/c1-9(2)20-14(18)12-10(3)16-15(19)17-13(12)11-7-5-4-6-8-11/h4-9,12-13H,1-3H3,(H,17,19). The smallest absolute Gasteiger partial charge is 0.341 e. The second-order valence-corrected chi connectivity index (χ2v) is 5.05. The third-order valence-corrected chi connectivity index (χ3v) is 3.10. The van der Waals surface area contributed by atoms with Crippen LogP contribution in [0.15, 0.2) is 35.3 Å². The SMILES string of the molecule is CC1=NC(=O)NC(c2ccccc2)C1C(=O)OC(C)C. The number of nitrogens with one attached hydrogen (secondary N) is 1. The van der Waals surface area contributed by atoms with Crippen molar-refractivity contribution in [3.05, 3.63) is 35.9 Å². The lowest BCUT2D eigenvalue weighted by molar-refractivity contribution is -0.150. The van der Waals surface area contributed by atoms with Crippen molar-refractivity contribution in [2.45, 2.75) is 32.9 Å². The Balaban J connectivity index is 2.35. The molecule has 106 valence electrons. The maximum absolute atomic E-state index is 12.3. The molecule has 20 heavy (non-hydrogen) atoms. The minimum Gasteiger partial charge on any atom is -0.462 e. The summed E-state index contributed by atoms with van der Waals surface area (Å²) in [5.41, 5.74) is 1.34. The van der Waals surface area contributed by atoms with E-state index in [4.69, 9.17) is 4.74 Å². The van der Waals surface area contributed by atoms with E-state index in [1.165, 1.54) is 0 Å². The highest BCUT2D eigenvalue weighted by Gasteiger charge is 2.38. The molecule has 2 unspecified atom stereocenters. The lowest BCUT2D eigenvalue weighted by Gasteiger charge is -2.30.